The molecular formula is C11H17NO3. The van der Waals surface area contributed by atoms with Crippen LogP contribution in [0.3, 0.4) is 0 Å². The third-order valence-electron chi connectivity index (χ3n) is 2.15. The number of benzene rings is 1. The molecule has 0 heterocycles. The molecule has 1 atom stereocenters. The Morgan fingerprint density at radius 1 is 1.47 bits per heavy atom. The molecule has 1 aromatic rings. The molecule has 4 heteroatoms. The molecule has 1 rings (SSSR count). The molecule has 4 N–H and O–H groups in total. The quantitative estimate of drug-likeness (QED) is 0.677. The highest BCUT2D eigenvalue weighted by atomic mass is 16.5. The van der Waals surface area contributed by atoms with Crippen LogP contribution < -0.4 is 5.73 Å². The third kappa shape index (κ3) is 3.20. The zero-order chi connectivity index (χ0) is 11.3. The van der Waals surface area contributed by atoms with E-state index >= 15 is 0 Å². The van der Waals surface area contributed by atoms with Crippen molar-refractivity contribution in [3.05, 3.63) is 29.3 Å². The summed E-state index contributed by atoms with van der Waals surface area (Å²) in [5.74, 6) is 0.0631. The second-order valence-electron chi connectivity index (χ2n) is 3.28. The number of ether oxygens (including phenoxy) is 1. The Labute approximate surface area is 89.3 Å². The van der Waals surface area contributed by atoms with Gasteiger partial charge in [-0.3, -0.25) is 0 Å². The van der Waals surface area contributed by atoms with Gasteiger partial charge in [-0.1, -0.05) is 6.07 Å². The van der Waals surface area contributed by atoms with Gasteiger partial charge in [0.05, 0.1) is 12.7 Å². The molecule has 0 aliphatic carbocycles. The largest absolute Gasteiger partial charge is 0.508 e. The molecule has 0 fully saturated rings. The minimum Gasteiger partial charge on any atom is -0.508 e. The maximum Gasteiger partial charge on any atom is 0.121 e. The van der Waals surface area contributed by atoms with Crippen molar-refractivity contribution in [3.8, 4) is 5.75 Å². The van der Waals surface area contributed by atoms with Gasteiger partial charge in [-0.15, -0.1) is 0 Å². The first-order chi connectivity index (χ1) is 7.19. The van der Waals surface area contributed by atoms with E-state index in [1.807, 2.05) is 6.92 Å². The van der Waals surface area contributed by atoms with Crippen LogP contribution >= 0.6 is 0 Å². The molecule has 84 valence electrons. The molecule has 0 aromatic heterocycles. The van der Waals surface area contributed by atoms with E-state index in [4.69, 9.17) is 10.5 Å². The van der Waals surface area contributed by atoms with Crippen LogP contribution in [0.25, 0.3) is 0 Å². The van der Waals surface area contributed by atoms with E-state index in [-0.39, 0.29) is 12.3 Å². The molecule has 4 nitrogen and oxygen atoms in total. The van der Waals surface area contributed by atoms with Crippen LogP contribution in [0, 0.1) is 0 Å². The smallest absolute Gasteiger partial charge is 0.121 e. The molecular weight excluding hydrogens is 194 g/mol. The first-order valence-corrected chi connectivity index (χ1v) is 4.96. The maximum absolute atomic E-state index is 9.53. The third-order valence-corrected chi connectivity index (χ3v) is 2.15. The van der Waals surface area contributed by atoms with Gasteiger partial charge in [0.25, 0.3) is 0 Å². The minimum absolute atomic E-state index is 0.0631. The fourth-order valence-electron chi connectivity index (χ4n) is 1.31. The Morgan fingerprint density at radius 2 is 2.20 bits per heavy atom. The van der Waals surface area contributed by atoms with E-state index < -0.39 is 6.10 Å². The first kappa shape index (κ1) is 12.0. The van der Waals surface area contributed by atoms with E-state index in [0.29, 0.717) is 18.8 Å². The summed E-state index contributed by atoms with van der Waals surface area (Å²) in [7, 11) is 0. The van der Waals surface area contributed by atoms with Crippen LogP contribution in [-0.2, 0) is 11.3 Å². The summed E-state index contributed by atoms with van der Waals surface area (Å²) in [6, 6.07) is 5.02. The van der Waals surface area contributed by atoms with E-state index in [0.717, 1.165) is 5.56 Å². The van der Waals surface area contributed by atoms with Crippen LogP contribution in [0.4, 0.5) is 0 Å². The molecule has 0 bridgehead atoms. The molecule has 0 saturated carbocycles. The van der Waals surface area contributed by atoms with Gasteiger partial charge in [0.2, 0.25) is 0 Å². The monoisotopic (exact) mass is 211 g/mol. The van der Waals surface area contributed by atoms with Gasteiger partial charge in [-0.2, -0.15) is 0 Å². The van der Waals surface area contributed by atoms with E-state index in [1.54, 1.807) is 18.2 Å². The SMILES string of the molecule is CCOCc1ccc(O)c(C(O)CN)c1. The number of aromatic hydroxyl groups is 1. The first-order valence-electron chi connectivity index (χ1n) is 4.96. The molecule has 0 spiro atoms. The van der Waals surface area contributed by atoms with Crippen LogP contribution in [-0.4, -0.2) is 23.4 Å². The Bertz CT molecular complexity index is 315. The van der Waals surface area contributed by atoms with Gasteiger partial charge in [-0.05, 0) is 24.6 Å². The van der Waals surface area contributed by atoms with Gasteiger partial charge in [0, 0.05) is 18.7 Å². The summed E-state index contributed by atoms with van der Waals surface area (Å²) in [5, 5.41) is 19.0. The molecule has 0 amide bonds. The topological polar surface area (TPSA) is 75.7 Å². The van der Waals surface area contributed by atoms with Crippen LogP contribution in [0.1, 0.15) is 24.2 Å². The number of aliphatic hydroxyl groups is 1. The van der Waals surface area contributed by atoms with E-state index in [9.17, 15) is 10.2 Å². The van der Waals surface area contributed by atoms with Crippen molar-refractivity contribution >= 4 is 0 Å². The maximum atomic E-state index is 9.53. The molecule has 1 unspecified atom stereocenters. The molecule has 0 aliphatic rings. The Hall–Kier alpha value is -1.10. The molecule has 15 heavy (non-hydrogen) atoms. The lowest BCUT2D eigenvalue weighted by Crippen LogP contribution is -2.12. The number of phenols is 1. The Kier molecular flexibility index (Phi) is 4.55. The van der Waals surface area contributed by atoms with E-state index in [1.165, 1.54) is 0 Å². The summed E-state index contributed by atoms with van der Waals surface area (Å²) in [6.07, 6.45) is -0.827. The van der Waals surface area contributed by atoms with Gasteiger partial charge >= 0.3 is 0 Å². The standard InChI is InChI=1S/C11H17NO3/c1-2-15-7-8-3-4-10(13)9(5-8)11(14)6-12/h3-5,11,13-14H,2,6-7,12H2,1H3. The summed E-state index contributed by atoms with van der Waals surface area (Å²) >= 11 is 0. The molecule has 0 saturated heterocycles. The lowest BCUT2D eigenvalue weighted by atomic mass is 10.1. The van der Waals surface area contributed by atoms with Crippen molar-refractivity contribution in [1.29, 1.82) is 0 Å². The van der Waals surface area contributed by atoms with Crippen molar-refractivity contribution in [2.45, 2.75) is 19.6 Å². The number of rotatable bonds is 5. The summed E-state index contributed by atoms with van der Waals surface area (Å²) < 4.78 is 5.23. The van der Waals surface area contributed by atoms with Gasteiger partial charge in [0.1, 0.15) is 5.75 Å². The van der Waals surface area contributed by atoms with Gasteiger partial charge in [-0.25, -0.2) is 0 Å². The lowest BCUT2D eigenvalue weighted by Gasteiger charge is -2.12. The van der Waals surface area contributed by atoms with Crippen LogP contribution in [0.5, 0.6) is 5.75 Å². The average molecular weight is 211 g/mol. The number of hydrogen-bond acceptors (Lipinski definition) is 4. The Morgan fingerprint density at radius 3 is 2.80 bits per heavy atom. The van der Waals surface area contributed by atoms with Crippen LogP contribution in [0.2, 0.25) is 0 Å². The highest BCUT2D eigenvalue weighted by molar-refractivity contribution is 5.37. The van der Waals surface area contributed by atoms with Gasteiger partial charge < -0.3 is 20.7 Å². The normalized spacial score (nSPS) is 12.7. The zero-order valence-corrected chi connectivity index (χ0v) is 8.81. The van der Waals surface area contributed by atoms with Crippen molar-refractivity contribution in [1.82, 2.24) is 0 Å². The Balaban J connectivity index is 2.84. The van der Waals surface area contributed by atoms with Crippen molar-refractivity contribution in [3.63, 3.8) is 0 Å². The number of phenolic OH excluding ortho intramolecular Hbond substituents is 1. The zero-order valence-electron chi connectivity index (χ0n) is 8.81. The number of aliphatic hydroxyl groups excluding tert-OH is 1. The highest BCUT2D eigenvalue weighted by Gasteiger charge is 2.11. The predicted octanol–water partition coefficient (Wildman–Crippen LogP) is 0.921. The molecule has 1 aromatic carbocycles. The summed E-state index contributed by atoms with van der Waals surface area (Å²) in [4.78, 5) is 0. The highest BCUT2D eigenvalue weighted by Crippen LogP contribution is 2.24. The van der Waals surface area contributed by atoms with E-state index in [2.05, 4.69) is 0 Å². The number of hydrogen-bond donors (Lipinski definition) is 3. The second-order valence-corrected chi connectivity index (χ2v) is 3.28. The van der Waals surface area contributed by atoms with Crippen molar-refractivity contribution in [2.75, 3.05) is 13.2 Å². The fourth-order valence-corrected chi connectivity index (χ4v) is 1.31. The van der Waals surface area contributed by atoms with Crippen molar-refractivity contribution in [2.24, 2.45) is 5.73 Å². The average Bonchev–Trinajstić information content (AvgIpc) is 2.27. The van der Waals surface area contributed by atoms with Crippen molar-refractivity contribution < 1.29 is 14.9 Å². The summed E-state index contributed by atoms with van der Waals surface area (Å²) in [5.41, 5.74) is 6.70. The minimum atomic E-state index is -0.827. The van der Waals surface area contributed by atoms with Crippen LogP contribution in [0.15, 0.2) is 18.2 Å². The second kappa shape index (κ2) is 5.70. The fraction of sp³-hybridized carbons (Fsp3) is 0.455. The molecule has 0 aliphatic heterocycles. The van der Waals surface area contributed by atoms with Gasteiger partial charge in [0.15, 0.2) is 0 Å². The predicted molar refractivity (Wildman–Crippen MR) is 57.5 cm³/mol. The lowest BCUT2D eigenvalue weighted by molar-refractivity contribution is 0.133. The summed E-state index contributed by atoms with van der Waals surface area (Å²) in [6.45, 7) is 3.11. The number of nitrogens with two attached hydrogens (primary N) is 1. The molecule has 0 radical (unpaired) electrons.